The summed E-state index contributed by atoms with van der Waals surface area (Å²) in [5.41, 5.74) is 12.8. The average Bonchev–Trinajstić information content (AvgIpc) is 3.38. The van der Waals surface area contributed by atoms with Crippen LogP contribution in [0.1, 0.15) is 0 Å². The standard InChI is InChI=1S/C61H37N3/c1-3-17-41(18-4-1)58-59(42-19-5-2-6-20-42)64-61-55(63-58)37-52(56-51-27-13-14-29-54(51)62-60(57(56)61)50-28-15-21-39-16-7-8-22-44(39)50)40-32-30-38(31-33-40)43-34-35-49-47-25-10-9-23-45(47)46-24-11-12-26-48(46)53(49)36-43/h1-37H. The third-order valence-electron chi connectivity index (χ3n) is 13.0. The largest absolute Gasteiger partial charge is 0.247 e. The summed E-state index contributed by atoms with van der Waals surface area (Å²) in [6.07, 6.45) is 0. The van der Waals surface area contributed by atoms with Crippen LogP contribution < -0.4 is 0 Å². The topological polar surface area (TPSA) is 38.7 Å². The first-order chi connectivity index (χ1) is 31.7. The van der Waals surface area contributed by atoms with Crippen molar-refractivity contribution in [2.75, 3.05) is 0 Å². The molecule has 2 heterocycles. The number of rotatable bonds is 5. The van der Waals surface area contributed by atoms with Crippen LogP contribution in [-0.4, -0.2) is 15.0 Å². The normalized spacial score (nSPS) is 11.8. The maximum Gasteiger partial charge on any atom is 0.0995 e. The summed E-state index contributed by atoms with van der Waals surface area (Å²) in [5.74, 6) is 0. The van der Waals surface area contributed by atoms with Gasteiger partial charge in [0.1, 0.15) is 0 Å². The van der Waals surface area contributed by atoms with Crippen LogP contribution in [0.25, 0.3) is 132 Å². The Hall–Kier alpha value is -8.53. The number of benzene rings is 11. The SMILES string of the molecule is c1ccc(-c2nc3cc(-c4ccc(-c5ccc6c7ccccc7c7ccccc7c6c5)cc4)c4c5ccccc5nc(-c5cccc6ccccc56)c4c3nc2-c2ccccc2)cc1. The molecule has 13 aromatic rings. The summed E-state index contributed by atoms with van der Waals surface area (Å²) in [6.45, 7) is 0. The lowest BCUT2D eigenvalue weighted by atomic mass is 9.89. The quantitative estimate of drug-likeness (QED) is 0.163. The van der Waals surface area contributed by atoms with Gasteiger partial charge in [-0.25, -0.2) is 15.0 Å². The number of hydrogen-bond donors (Lipinski definition) is 0. The Kier molecular flexibility index (Phi) is 8.22. The van der Waals surface area contributed by atoms with Crippen LogP contribution >= 0.6 is 0 Å². The molecule has 13 rings (SSSR count). The molecule has 0 aliphatic carbocycles. The molecule has 0 amide bonds. The van der Waals surface area contributed by atoms with Crippen LogP contribution in [0.3, 0.4) is 0 Å². The second-order valence-corrected chi connectivity index (χ2v) is 16.6. The van der Waals surface area contributed by atoms with Crippen molar-refractivity contribution in [3.05, 3.63) is 224 Å². The zero-order valence-electron chi connectivity index (χ0n) is 34.7. The van der Waals surface area contributed by atoms with Crippen LogP contribution in [0.2, 0.25) is 0 Å². The lowest BCUT2D eigenvalue weighted by Crippen LogP contribution is -2.00. The van der Waals surface area contributed by atoms with Crippen LogP contribution in [0.15, 0.2) is 224 Å². The molecule has 0 radical (unpaired) electrons. The molecule has 0 atom stereocenters. The molecule has 0 aliphatic heterocycles. The summed E-state index contributed by atoms with van der Waals surface area (Å²) in [7, 11) is 0. The van der Waals surface area contributed by atoms with E-state index in [0.29, 0.717) is 0 Å². The van der Waals surface area contributed by atoms with Gasteiger partial charge < -0.3 is 0 Å². The highest BCUT2D eigenvalue weighted by molar-refractivity contribution is 6.27. The van der Waals surface area contributed by atoms with Gasteiger partial charge in [0.15, 0.2) is 0 Å². The second-order valence-electron chi connectivity index (χ2n) is 16.6. The molecular weight excluding hydrogens is 775 g/mol. The van der Waals surface area contributed by atoms with E-state index in [9.17, 15) is 0 Å². The van der Waals surface area contributed by atoms with Gasteiger partial charge >= 0.3 is 0 Å². The predicted octanol–water partition coefficient (Wildman–Crippen LogP) is 16.3. The van der Waals surface area contributed by atoms with E-state index in [1.807, 2.05) is 12.1 Å². The maximum atomic E-state index is 5.67. The molecule has 3 heteroatoms. The molecule has 2 aromatic heterocycles. The van der Waals surface area contributed by atoms with Gasteiger partial charge in [0.2, 0.25) is 0 Å². The molecule has 296 valence electrons. The molecule has 0 saturated carbocycles. The van der Waals surface area contributed by atoms with E-state index < -0.39 is 0 Å². The number of pyridine rings is 1. The molecule has 0 aliphatic rings. The minimum absolute atomic E-state index is 0.817. The van der Waals surface area contributed by atoms with Gasteiger partial charge in [-0.15, -0.1) is 0 Å². The summed E-state index contributed by atoms with van der Waals surface area (Å²) >= 11 is 0. The lowest BCUT2D eigenvalue weighted by molar-refractivity contribution is 1.30. The molecule has 0 fully saturated rings. The fourth-order valence-electron chi connectivity index (χ4n) is 10.0. The van der Waals surface area contributed by atoms with Crippen molar-refractivity contribution in [3.63, 3.8) is 0 Å². The van der Waals surface area contributed by atoms with E-state index in [1.165, 1.54) is 37.9 Å². The van der Waals surface area contributed by atoms with Crippen molar-refractivity contribution in [2.45, 2.75) is 0 Å². The van der Waals surface area contributed by atoms with Crippen molar-refractivity contribution >= 4 is 75.8 Å². The van der Waals surface area contributed by atoms with E-state index in [0.717, 1.165) is 93.9 Å². The Balaban J connectivity index is 1.10. The van der Waals surface area contributed by atoms with Gasteiger partial charge in [-0.2, -0.15) is 0 Å². The number of hydrogen-bond acceptors (Lipinski definition) is 3. The summed E-state index contributed by atoms with van der Waals surface area (Å²) in [6, 6.07) is 80.3. The number of aromatic nitrogens is 3. The highest BCUT2D eigenvalue weighted by atomic mass is 14.8. The molecule has 0 unspecified atom stereocenters. The maximum absolute atomic E-state index is 5.67. The summed E-state index contributed by atoms with van der Waals surface area (Å²) < 4.78 is 0. The first-order valence-corrected chi connectivity index (χ1v) is 21.9. The van der Waals surface area contributed by atoms with Gasteiger partial charge in [0.05, 0.1) is 33.6 Å². The second kappa shape index (κ2) is 14.5. The van der Waals surface area contributed by atoms with Gasteiger partial charge in [0, 0.05) is 32.8 Å². The minimum atomic E-state index is 0.817. The minimum Gasteiger partial charge on any atom is -0.247 e. The fraction of sp³-hybridized carbons (Fsp3) is 0. The Morgan fingerprint density at radius 3 is 1.42 bits per heavy atom. The zero-order valence-corrected chi connectivity index (χ0v) is 34.7. The van der Waals surface area contributed by atoms with E-state index in [4.69, 9.17) is 15.0 Å². The smallest absolute Gasteiger partial charge is 0.0995 e. The van der Waals surface area contributed by atoms with Crippen molar-refractivity contribution in [3.8, 4) is 56.0 Å². The fourth-order valence-corrected chi connectivity index (χ4v) is 10.0. The predicted molar refractivity (Wildman–Crippen MR) is 270 cm³/mol. The molecule has 3 nitrogen and oxygen atoms in total. The van der Waals surface area contributed by atoms with Gasteiger partial charge in [0.25, 0.3) is 0 Å². The van der Waals surface area contributed by atoms with Crippen LogP contribution in [0.4, 0.5) is 0 Å². The number of nitrogens with zero attached hydrogens (tertiary/aromatic N) is 3. The van der Waals surface area contributed by atoms with E-state index in [2.05, 4.69) is 212 Å². The molecule has 0 bridgehead atoms. The Labute approximate surface area is 369 Å². The summed E-state index contributed by atoms with van der Waals surface area (Å²) in [4.78, 5) is 16.8. The van der Waals surface area contributed by atoms with Crippen molar-refractivity contribution in [1.29, 1.82) is 0 Å². The van der Waals surface area contributed by atoms with Crippen molar-refractivity contribution in [1.82, 2.24) is 15.0 Å². The van der Waals surface area contributed by atoms with Crippen LogP contribution in [-0.2, 0) is 0 Å². The van der Waals surface area contributed by atoms with Crippen LogP contribution in [0.5, 0.6) is 0 Å². The molecular formula is C61H37N3. The number of fused-ring (bicyclic) bond motifs is 12. The Bertz CT molecular complexity index is 3950. The third kappa shape index (κ3) is 5.72. The molecule has 0 N–H and O–H groups in total. The van der Waals surface area contributed by atoms with Crippen molar-refractivity contribution < 1.29 is 0 Å². The molecule has 0 saturated heterocycles. The Morgan fingerprint density at radius 2 is 0.734 bits per heavy atom. The third-order valence-corrected chi connectivity index (χ3v) is 13.0. The van der Waals surface area contributed by atoms with E-state index >= 15 is 0 Å². The molecule has 64 heavy (non-hydrogen) atoms. The highest BCUT2D eigenvalue weighted by Crippen LogP contribution is 2.45. The van der Waals surface area contributed by atoms with Crippen molar-refractivity contribution in [2.24, 2.45) is 0 Å². The molecule has 11 aromatic carbocycles. The monoisotopic (exact) mass is 811 g/mol. The van der Waals surface area contributed by atoms with Crippen LogP contribution in [0, 0.1) is 0 Å². The van der Waals surface area contributed by atoms with E-state index in [1.54, 1.807) is 0 Å². The van der Waals surface area contributed by atoms with Gasteiger partial charge in [-0.3, -0.25) is 0 Å². The highest BCUT2D eigenvalue weighted by Gasteiger charge is 2.23. The average molecular weight is 812 g/mol. The molecule has 0 spiro atoms. The van der Waals surface area contributed by atoms with E-state index in [-0.39, 0.29) is 0 Å². The van der Waals surface area contributed by atoms with Gasteiger partial charge in [-0.05, 0) is 83.5 Å². The number of para-hydroxylation sites is 1. The first kappa shape index (κ1) is 36.2. The first-order valence-electron chi connectivity index (χ1n) is 21.9. The van der Waals surface area contributed by atoms with Gasteiger partial charge in [-0.1, -0.05) is 206 Å². The Morgan fingerprint density at radius 1 is 0.234 bits per heavy atom. The summed E-state index contributed by atoms with van der Waals surface area (Å²) in [5, 5.41) is 13.1. The lowest BCUT2D eigenvalue weighted by Gasteiger charge is -2.19. The zero-order chi connectivity index (χ0) is 42.1.